The van der Waals surface area contributed by atoms with Crippen LogP contribution in [0.4, 0.5) is 10.1 Å². The predicted molar refractivity (Wildman–Crippen MR) is 68.9 cm³/mol. The highest BCUT2D eigenvalue weighted by Crippen LogP contribution is 2.17. The van der Waals surface area contributed by atoms with Gasteiger partial charge in [-0.05, 0) is 17.3 Å². The van der Waals surface area contributed by atoms with Crippen LogP contribution in [-0.4, -0.2) is 40.4 Å². The van der Waals surface area contributed by atoms with Gasteiger partial charge in [-0.2, -0.15) is 0 Å². The molecule has 2 aromatic rings. The monoisotopic (exact) mass is 276 g/mol. The first kappa shape index (κ1) is 12.7. The molecule has 0 radical (unpaired) electrons. The number of alkyl halides is 1. The fourth-order valence-electron chi connectivity index (χ4n) is 2.04. The number of rotatable bonds is 4. The average Bonchev–Trinajstić information content (AvgIpc) is 2.86. The van der Waals surface area contributed by atoms with Crippen LogP contribution in [0.25, 0.3) is 0 Å². The molecule has 1 aromatic heterocycles. The van der Waals surface area contributed by atoms with E-state index >= 15 is 0 Å². The van der Waals surface area contributed by atoms with E-state index in [1.807, 2.05) is 23.1 Å². The zero-order chi connectivity index (χ0) is 13.9. The van der Waals surface area contributed by atoms with Crippen LogP contribution in [0.1, 0.15) is 16.2 Å². The summed E-state index contributed by atoms with van der Waals surface area (Å²) in [4.78, 5) is 13.9. The summed E-state index contributed by atoms with van der Waals surface area (Å²) in [6.07, 6.45) is -0.795. The van der Waals surface area contributed by atoms with Crippen LogP contribution >= 0.6 is 0 Å². The minimum Gasteiger partial charge on any atom is -0.320 e. The minimum atomic E-state index is -0.795. The molecule has 1 amide bonds. The molecule has 2 heterocycles. The van der Waals surface area contributed by atoms with Crippen molar-refractivity contribution in [3.05, 3.63) is 41.7 Å². The van der Waals surface area contributed by atoms with Gasteiger partial charge in [0.05, 0.1) is 0 Å². The van der Waals surface area contributed by atoms with Crippen molar-refractivity contribution in [2.75, 3.05) is 18.4 Å². The predicted octanol–water partition coefficient (Wildman–Crippen LogP) is 1.48. The van der Waals surface area contributed by atoms with Crippen molar-refractivity contribution >= 4 is 11.6 Å². The molecule has 0 bridgehead atoms. The Bertz CT molecular complexity index is 595. The molecule has 7 heteroatoms. The van der Waals surface area contributed by atoms with Crippen LogP contribution in [0.3, 0.4) is 0 Å². The summed E-state index contributed by atoms with van der Waals surface area (Å²) >= 11 is 0. The molecule has 3 rings (SSSR count). The molecular formula is C13H13FN4O2. The highest BCUT2D eigenvalue weighted by molar-refractivity contribution is 6.03. The number of nitrogens with one attached hydrogen (secondary N) is 1. The Hall–Kier alpha value is -2.28. The number of aromatic nitrogens is 2. The number of hydrogen-bond donors (Lipinski definition) is 1. The normalized spacial score (nSPS) is 15.8. The van der Waals surface area contributed by atoms with E-state index in [9.17, 15) is 9.18 Å². The lowest BCUT2D eigenvalue weighted by atomic mass is 10.1. The van der Waals surface area contributed by atoms with E-state index < -0.39 is 6.17 Å². The second kappa shape index (κ2) is 5.38. The zero-order valence-electron chi connectivity index (χ0n) is 10.6. The van der Waals surface area contributed by atoms with Crippen molar-refractivity contribution in [2.45, 2.75) is 12.7 Å². The Labute approximate surface area is 114 Å². The molecule has 1 N–H and O–H groups in total. The third-order valence-corrected chi connectivity index (χ3v) is 3.09. The topological polar surface area (TPSA) is 71.3 Å². The van der Waals surface area contributed by atoms with Crippen molar-refractivity contribution in [1.82, 2.24) is 15.2 Å². The number of anilines is 1. The van der Waals surface area contributed by atoms with Gasteiger partial charge in [0.1, 0.15) is 11.9 Å². The molecular weight excluding hydrogens is 263 g/mol. The third-order valence-electron chi connectivity index (χ3n) is 3.09. The van der Waals surface area contributed by atoms with E-state index in [4.69, 9.17) is 0 Å². The maximum absolute atomic E-state index is 12.8. The van der Waals surface area contributed by atoms with Crippen LogP contribution in [0.15, 0.2) is 35.0 Å². The molecule has 1 aromatic carbocycles. The third kappa shape index (κ3) is 2.67. The summed E-state index contributed by atoms with van der Waals surface area (Å²) in [6, 6.07) is 9.04. The van der Waals surface area contributed by atoms with Crippen molar-refractivity contribution < 1.29 is 13.8 Å². The largest absolute Gasteiger partial charge is 0.320 e. The molecule has 1 aliphatic rings. The summed E-state index contributed by atoms with van der Waals surface area (Å²) in [7, 11) is 0. The summed E-state index contributed by atoms with van der Waals surface area (Å²) in [5.41, 5.74) is 1.22. The van der Waals surface area contributed by atoms with Crippen LogP contribution in [0, 0.1) is 0 Å². The summed E-state index contributed by atoms with van der Waals surface area (Å²) in [5, 5.41) is 10.0. The minimum absolute atomic E-state index is 0.135. The van der Waals surface area contributed by atoms with Gasteiger partial charge in [-0.1, -0.05) is 23.4 Å². The number of likely N-dealkylation sites (tertiary alicyclic amines) is 1. The lowest BCUT2D eigenvalue weighted by Crippen LogP contribution is -2.47. The SMILES string of the molecule is O=C(Nc1ccccc1)c1nonc1CN1CC(F)C1. The molecule has 20 heavy (non-hydrogen) atoms. The first-order chi connectivity index (χ1) is 9.72. The molecule has 6 nitrogen and oxygen atoms in total. The second-order valence-electron chi connectivity index (χ2n) is 4.67. The molecule has 0 atom stereocenters. The molecule has 0 spiro atoms. The van der Waals surface area contributed by atoms with E-state index in [0.29, 0.717) is 31.0 Å². The van der Waals surface area contributed by atoms with E-state index in [1.54, 1.807) is 12.1 Å². The number of carbonyl (C=O) groups is 1. The highest BCUT2D eigenvalue weighted by Gasteiger charge is 2.29. The first-order valence-electron chi connectivity index (χ1n) is 6.26. The van der Waals surface area contributed by atoms with Gasteiger partial charge in [0, 0.05) is 25.3 Å². The summed E-state index contributed by atoms with van der Waals surface area (Å²) in [5.74, 6) is -0.384. The molecule has 0 unspecified atom stereocenters. The van der Waals surface area contributed by atoms with Crippen molar-refractivity contribution in [3.8, 4) is 0 Å². The molecule has 0 saturated carbocycles. The van der Waals surface area contributed by atoms with Crippen LogP contribution in [0.2, 0.25) is 0 Å². The number of carbonyl (C=O) groups excluding carboxylic acids is 1. The molecule has 104 valence electrons. The highest BCUT2D eigenvalue weighted by atomic mass is 19.1. The summed E-state index contributed by atoms with van der Waals surface area (Å²) in [6.45, 7) is 1.07. The van der Waals surface area contributed by atoms with Gasteiger partial charge in [-0.25, -0.2) is 9.02 Å². The number of benzene rings is 1. The fraction of sp³-hybridized carbons (Fsp3) is 0.308. The van der Waals surface area contributed by atoms with Gasteiger partial charge in [0.15, 0.2) is 5.69 Å². The number of nitrogens with zero attached hydrogens (tertiary/aromatic N) is 3. The first-order valence-corrected chi connectivity index (χ1v) is 6.26. The average molecular weight is 276 g/mol. The fourth-order valence-corrected chi connectivity index (χ4v) is 2.04. The van der Waals surface area contributed by atoms with Crippen LogP contribution in [-0.2, 0) is 6.54 Å². The van der Waals surface area contributed by atoms with Crippen molar-refractivity contribution in [1.29, 1.82) is 0 Å². The number of hydrogen-bond acceptors (Lipinski definition) is 5. The standard InChI is InChI=1S/C13H13FN4O2/c14-9-6-18(7-9)8-11-12(17-20-16-11)13(19)15-10-4-2-1-3-5-10/h1-5,9H,6-8H2,(H,15,19). The van der Waals surface area contributed by atoms with E-state index in [1.165, 1.54) is 0 Å². The van der Waals surface area contributed by atoms with Gasteiger partial charge in [-0.15, -0.1) is 0 Å². The van der Waals surface area contributed by atoms with Crippen LogP contribution in [0.5, 0.6) is 0 Å². The van der Waals surface area contributed by atoms with E-state index in [0.717, 1.165) is 0 Å². The molecule has 0 aliphatic carbocycles. The van der Waals surface area contributed by atoms with Gasteiger partial charge in [0.25, 0.3) is 5.91 Å². The van der Waals surface area contributed by atoms with Gasteiger partial charge in [0.2, 0.25) is 0 Å². The lowest BCUT2D eigenvalue weighted by Gasteiger charge is -2.33. The van der Waals surface area contributed by atoms with Crippen molar-refractivity contribution in [3.63, 3.8) is 0 Å². The maximum atomic E-state index is 12.8. The number of amides is 1. The quantitative estimate of drug-likeness (QED) is 0.915. The van der Waals surface area contributed by atoms with E-state index in [2.05, 4.69) is 20.3 Å². The van der Waals surface area contributed by atoms with Gasteiger partial charge < -0.3 is 5.32 Å². The lowest BCUT2D eigenvalue weighted by molar-refractivity contribution is 0.0569. The Morgan fingerprint density at radius 3 is 2.80 bits per heavy atom. The number of halogens is 1. The Morgan fingerprint density at radius 1 is 1.35 bits per heavy atom. The summed E-state index contributed by atoms with van der Waals surface area (Å²) < 4.78 is 17.4. The Morgan fingerprint density at radius 2 is 2.10 bits per heavy atom. The zero-order valence-corrected chi connectivity index (χ0v) is 10.6. The maximum Gasteiger partial charge on any atom is 0.279 e. The van der Waals surface area contributed by atoms with Crippen molar-refractivity contribution in [2.24, 2.45) is 0 Å². The number of para-hydroxylation sites is 1. The Kier molecular flexibility index (Phi) is 3.42. The second-order valence-corrected chi connectivity index (χ2v) is 4.67. The smallest absolute Gasteiger partial charge is 0.279 e. The molecule has 1 aliphatic heterocycles. The van der Waals surface area contributed by atoms with E-state index in [-0.39, 0.29) is 11.6 Å². The van der Waals surface area contributed by atoms with Gasteiger partial charge >= 0.3 is 0 Å². The molecule has 1 fully saturated rings. The van der Waals surface area contributed by atoms with Gasteiger partial charge in [-0.3, -0.25) is 9.69 Å². The van der Waals surface area contributed by atoms with Crippen LogP contribution < -0.4 is 5.32 Å². The molecule has 1 saturated heterocycles. The Balaban J connectivity index is 1.67.